The van der Waals surface area contributed by atoms with E-state index in [4.69, 9.17) is 17.3 Å². The Morgan fingerprint density at radius 2 is 2.00 bits per heavy atom. The van der Waals surface area contributed by atoms with Gasteiger partial charge >= 0.3 is 6.09 Å². The summed E-state index contributed by atoms with van der Waals surface area (Å²) in [5, 5.41) is 2.59. The number of nitrogens with one attached hydrogen (secondary N) is 1. The SMILES string of the molecule is [B]c1c(CCNC(=O)OC)ccc(OC)c1OC. The Morgan fingerprint density at radius 1 is 1.28 bits per heavy atom. The molecule has 18 heavy (non-hydrogen) atoms. The first kappa shape index (κ1) is 14.2. The molecule has 0 spiro atoms. The molecule has 1 aromatic carbocycles. The van der Waals surface area contributed by atoms with Gasteiger partial charge in [-0.05, 0) is 23.5 Å². The van der Waals surface area contributed by atoms with E-state index in [2.05, 4.69) is 10.1 Å². The number of hydrogen-bond acceptors (Lipinski definition) is 4. The molecule has 0 aliphatic heterocycles. The largest absolute Gasteiger partial charge is 0.493 e. The summed E-state index contributed by atoms with van der Waals surface area (Å²) in [6, 6.07) is 3.62. The van der Waals surface area contributed by atoms with Crippen LogP contribution in [0.25, 0.3) is 0 Å². The van der Waals surface area contributed by atoms with Gasteiger partial charge in [-0.25, -0.2) is 4.79 Å². The van der Waals surface area contributed by atoms with Gasteiger partial charge in [-0.15, -0.1) is 0 Å². The molecule has 0 heterocycles. The normalized spacial score (nSPS) is 9.72. The summed E-state index contributed by atoms with van der Waals surface area (Å²) in [5.41, 5.74) is 1.40. The molecule has 0 aliphatic rings. The molecule has 0 saturated heterocycles. The summed E-state index contributed by atoms with van der Waals surface area (Å²) in [6.07, 6.45) is 0.121. The Labute approximate surface area is 108 Å². The van der Waals surface area contributed by atoms with Crippen molar-refractivity contribution in [3.63, 3.8) is 0 Å². The first-order chi connectivity index (χ1) is 8.63. The highest BCUT2D eigenvalue weighted by molar-refractivity contribution is 6.35. The molecule has 1 amide bonds. The Balaban J connectivity index is 2.75. The smallest absolute Gasteiger partial charge is 0.406 e. The van der Waals surface area contributed by atoms with Gasteiger partial charge < -0.3 is 19.5 Å². The van der Waals surface area contributed by atoms with Crippen molar-refractivity contribution in [3.05, 3.63) is 17.7 Å². The van der Waals surface area contributed by atoms with Crippen molar-refractivity contribution in [1.82, 2.24) is 5.32 Å². The molecule has 0 aromatic heterocycles. The van der Waals surface area contributed by atoms with Gasteiger partial charge in [0, 0.05) is 6.54 Å². The van der Waals surface area contributed by atoms with Crippen LogP contribution >= 0.6 is 0 Å². The third kappa shape index (κ3) is 3.32. The van der Waals surface area contributed by atoms with Crippen LogP contribution < -0.4 is 20.3 Å². The van der Waals surface area contributed by atoms with Crippen molar-refractivity contribution in [2.24, 2.45) is 0 Å². The number of methoxy groups -OCH3 is 3. The van der Waals surface area contributed by atoms with Crippen molar-refractivity contribution in [3.8, 4) is 11.5 Å². The molecule has 0 fully saturated rings. The second-order valence-electron chi connectivity index (χ2n) is 3.54. The minimum absolute atomic E-state index is 0.437. The van der Waals surface area contributed by atoms with E-state index in [0.29, 0.717) is 29.9 Å². The number of amides is 1. The molecule has 0 atom stereocenters. The van der Waals surface area contributed by atoms with Gasteiger partial charge in [0.15, 0.2) is 11.5 Å². The third-order valence-corrected chi connectivity index (χ3v) is 2.52. The highest BCUT2D eigenvalue weighted by Crippen LogP contribution is 2.24. The van der Waals surface area contributed by atoms with Crippen LogP contribution in [0.5, 0.6) is 11.5 Å². The van der Waals surface area contributed by atoms with E-state index in [1.54, 1.807) is 13.2 Å². The predicted octanol–water partition coefficient (Wildman–Crippen LogP) is 0.396. The maximum Gasteiger partial charge on any atom is 0.406 e. The van der Waals surface area contributed by atoms with Gasteiger partial charge in [-0.2, -0.15) is 0 Å². The van der Waals surface area contributed by atoms with Crippen LogP contribution in [0.2, 0.25) is 0 Å². The van der Waals surface area contributed by atoms with Crippen LogP contribution in [0.1, 0.15) is 5.56 Å². The number of benzene rings is 1. The van der Waals surface area contributed by atoms with Gasteiger partial charge in [0.05, 0.1) is 21.3 Å². The van der Waals surface area contributed by atoms with E-state index in [9.17, 15) is 4.79 Å². The van der Waals surface area contributed by atoms with Gasteiger partial charge in [0.25, 0.3) is 0 Å². The number of rotatable bonds is 5. The fraction of sp³-hybridized carbons (Fsp3) is 0.417. The maximum atomic E-state index is 10.9. The van der Waals surface area contributed by atoms with Crippen molar-refractivity contribution in [2.75, 3.05) is 27.9 Å². The number of alkyl carbamates (subject to hydrolysis) is 1. The minimum Gasteiger partial charge on any atom is -0.493 e. The van der Waals surface area contributed by atoms with Gasteiger partial charge in [0.1, 0.15) is 7.85 Å². The van der Waals surface area contributed by atoms with Crippen molar-refractivity contribution < 1.29 is 19.0 Å². The van der Waals surface area contributed by atoms with Gasteiger partial charge in [-0.1, -0.05) is 6.07 Å². The standard InChI is InChI=1S/C12H16BNO4/c1-16-9-5-4-8(10(13)11(9)17-2)6-7-14-12(15)18-3/h4-5H,6-7H2,1-3H3,(H,14,15). The minimum atomic E-state index is -0.464. The molecule has 6 heteroatoms. The molecule has 1 rings (SSSR count). The highest BCUT2D eigenvalue weighted by Gasteiger charge is 2.10. The number of ether oxygens (including phenoxy) is 3. The van der Waals surface area contributed by atoms with Crippen LogP contribution in [0.15, 0.2) is 12.1 Å². The molecule has 0 bridgehead atoms. The fourth-order valence-corrected chi connectivity index (χ4v) is 1.58. The molecule has 1 N–H and O–H groups in total. The zero-order valence-electron chi connectivity index (χ0n) is 10.8. The second-order valence-corrected chi connectivity index (χ2v) is 3.54. The molecule has 96 valence electrons. The number of carbonyl (C=O) groups is 1. The average Bonchev–Trinajstić information content (AvgIpc) is 2.39. The van der Waals surface area contributed by atoms with Crippen molar-refractivity contribution in [2.45, 2.75) is 6.42 Å². The predicted molar refractivity (Wildman–Crippen MR) is 69.0 cm³/mol. The Kier molecular flexibility index (Phi) is 5.36. The monoisotopic (exact) mass is 249 g/mol. The topological polar surface area (TPSA) is 56.8 Å². The first-order valence-corrected chi connectivity index (χ1v) is 5.45. The Hall–Kier alpha value is -1.85. The molecule has 2 radical (unpaired) electrons. The van der Waals surface area contributed by atoms with E-state index in [1.165, 1.54) is 14.2 Å². The lowest BCUT2D eigenvalue weighted by molar-refractivity contribution is 0.171. The van der Waals surface area contributed by atoms with E-state index in [1.807, 2.05) is 6.07 Å². The zero-order valence-corrected chi connectivity index (χ0v) is 10.8. The Bertz CT molecular complexity index is 423. The fourth-order valence-electron chi connectivity index (χ4n) is 1.58. The zero-order chi connectivity index (χ0) is 13.5. The molecular formula is C12H16BNO4. The lowest BCUT2D eigenvalue weighted by Crippen LogP contribution is -2.27. The lowest BCUT2D eigenvalue weighted by atomic mass is 9.87. The molecule has 5 nitrogen and oxygen atoms in total. The summed E-state index contributed by atoms with van der Waals surface area (Å²) < 4.78 is 14.8. The van der Waals surface area contributed by atoms with Crippen LogP contribution in [-0.4, -0.2) is 41.8 Å². The molecule has 0 saturated carbocycles. The van der Waals surface area contributed by atoms with Crippen LogP contribution in [0.3, 0.4) is 0 Å². The van der Waals surface area contributed by atoms with Crippen molar-refractivity contribution in [1.29, 1.82) is 0 Å². The summed E-state index contributed by atoms with van der Waals surface area (Å²) in [6.45, 7) is 0.437. The van der Waals surface area contributed by atoms with Crippen LogP contribution in [0, 0.1) is 0 Å². The molecular weight excluding hydrogens is 233 g/mol. The third-order valence-electron chi connectivity index (χ3n) is 2.52. The summed E-state index contributed by atoms with van der Waals surface area (Å²) in [5.74, 6) is 1.09. The van der Waals surface area contributed by atoms with E-state index >= 15 is 0 Å². The summed E-state index contributed by atoms with van der Waals surface area (Å²) >= 11 is 0. The van der Waals surface area contributed by atoms with Crippen LogP contribution in [-0.2, 0) is 11.2 Å². The number of carbonyl (C=O) groups excluding carboxylic acids is 1. The Morgan fingerprint density at radius 3 is 2.56 bits per heavy atom. The first-order valence-electron chi connectivity index (χ1n) is 5.45. The average molecular weight is 249 g/mol. The van der Waals surface area contributed by atoms with Gasteiger partial charge in [-0.3, -0.25) is 0 Å². The molecule has 0 unspecified atom stereocenters. The van der Waals surface area contributed by atoms with Crippen molar-refractivity contribution >= 4 is 19.4 Å². The lowest BCUT2D eigenvalue weighted by Gasteiger charge is -2.14. The highest BCUT2D eigenvalue weighted by atomic mass is 16.5. The van der Waals surface area contributed by atoms with E-state index in [-0.39, 0.29) is 0 Å². The number of hydrogen-bond donors (Lipinski definition) is 1. The summed E-state index contributed by atoms with van der Waals surface area (Å²) in [7, 11) is 10.4. The van der Waals surface area contributed by atoms with E-state index in [0.717, 1.165) is 5.56 Å². The van der Waals surface area contributed by atoms with Crippen LogP contribution in [0.4, 0.5) is 4.79 Å². The maximum absolute atomic E-state index is 10.9. The van der Waals surface area contributed by atoms with E-state index < -0.39 is 6.09 Å². The molecule has 0 aliphatic carbocycles. The van der Waals surface area contributed by atoms with Gasteiger partial charge in [0.2, 0.25) is 0 Å². The molecule has 1 aromatic rings. The second kappa shape index (κ2) is 6.78. The quantitative estimate of drug-likeness (QED) is 0.767. The summed E-state index contributed by atoms with van der Waals surface area (Å²) in [4.78, 5) is 10.9.